The Morgan fingerprint density at radius 3 is 2.57 bits per heavy atom. The van der Waals surface area contributed by atoms with E-state index < -0.39 is 5.97 Å². The van der Waals surface area contributed by atoms with Crippen LogP contribution in [0.5, 0.6) is 0 Å². The maximum absolute atomic E-state index is 11.7. The molecule has 0 amide bonds. The number of hydrogen-bond acceptors (Lipinski definition) is 6. The van der Waals surface area contributed by atoms with E-state index in [1.165, 1.54) is 7.11 Å². The minimum absolute atomic E-state index is 0.0449. The molecule has 0 unspecified atom stereocenters. The van der Waals surface area contributed by atoms with Gasteiger partial charge in [0.15, 0.2) is 5.69 Å². The smallest absolute Gasteiger partial charge is 0.358 e. The monoisotopic (exact) mass is 306 g/mol. The van der Waals surface area contributed by atoms with Crippen LogP contribution in [-0.4, -0.2) is 18.1 Å². The summed E-state index contributed by atoms with van der Waals surface area (Å²) in [6.07, 6.45) is 0. The van der Waals surface area contributed by atoms with Gasteiger partial charge >= 0.3 is 5.97 Å². The van der Waals surface area contributed by atoms with Crippen LogP contribution in [0.25, 0.3) is 11.3 Å². The summed E-state index contributed by atoms with van der Waals surface area (Å²) in [7, 11) is 1.24. The molecule has 0 saturated heterocycles. The molecule has 7 heteroatoms. The molecule has 1 heterocycles. The maximum atomic E-state index is 11.7. The second-order valence-electron chi connectivity index (χ2n) is 4.38. The summed E-state index contributed by atoms with van der Waals surface area (Å²) in [5, 5.41) is 0.0581. The van der Waals surface area contributed by atoms with Crippen molar-refractivity contribution in [1.82, 2.24) is 4.98 Å². The SMILES string of the molecule is COC(=O)c1nc(-c2ccc(CN)cc2N)cc(N)c1Cl. The number of aromatic nitrogens is 1. The largest absolute Gasteiger partial charge is 0.464 e. The Kier molecular flexibility index (Phi) is 4.30. The van der Waals surface area contributed by atoms with Crippen LogP contribution in [0.1, 0.15) is 16.1 Å². The fraction of sp³-hybridized carbons (Fsp3) is 0.143. The Labute approximate surface area is 126 Å². The predicted molar refractivity (Wildman–Crippen MR) is 82.7 cm³/mol. The van der Waals surface area contributed by atoms with Gasteiger partial charge in [0, 0.05) is 17.8 Å². The number of rotatable bonds is 3. The number of halogens is 1. The Morgan fingerprint density at radius 2 is 2.00 bits per heavy atom. The van der Waals surface area contributed by atoms with E-state index in [9.17, 15) is 4.79 Å². The first-order valence-electron chi connectivity index (χ1n) is 6.11. The third-order valence-electron chi connectivity index (χ3n) is 2.99. The highest BCUT2D eigenvalue weighted by Crippen LogP contribution is 2.31. The van der Waals surface area contributed by atoms with E-state index in [1.54, 1.807) is 18.2 Å². The third-order valence-corrected chi connectivity index (χ3v) is 3.39. The first-order valence-corrected chi connectivity index (χ1v) is 6.49. The van der Waals surface area contributed by atoms with Crippen molar-refractivity contribution >= 4 is 28.9 Å². The van der Waals surface area contributed by atoms with Crippen molar-refractivity contribution in [2.75, 3.05) is 18.6 Å². The van der Waals surface area contributed by atoms with Crippen LogP contribution >= 0.6 is 11.6 Å². The summed E-state index contributed by atoms with van der Waals surface area (Å²) in [5.74, 6) is -0.661. The van der Waals surface area contributed by atoms with Crippen molar-refractivity contribution in [2.24, 2.45) is 5.73 Å². The topological polar surface area (TPSA) is 117 Å². The molecule has 0 spiro atoms. The molecular formula is C14H15ClN4O2. The Hall–Kier alpha value is -2.31. The highest BCUT2D eigenvalue weighted by atomic mass is 35.5. The standard InChI is InChI=1S/C14H15ClN4O2/c1-21-14(20)13-12(15)10(18)5-11(19-13)8-3-2-7(6-16)4-9(8)17/h2-5H,6,16-17H2,1H3,(H2,18,19). The molecule has 6 nitrogen and oxygen atoms in total. The predicted octanol–water partition coefficient (Wildman–Crippen LogP) is 1.81. The van der Waals surface area contributed by atoms with E-state index in [4.69, 9.17) is 28.8 Å². The van der Waals surface area contributed by atoms with Crippen LogP contribution in [-0.2, 0) is 11.3 Å². The molecule has 1 aromatic heterocycles. The van der Waals surface area contributed by atoms with Gasteiger partial charge in [-0.3, -0.25) is 0 Å². The summed E-state index contributed by atoms with van der Waals surface area (Å²) in [6, 6.07) is 6.91. The zero-order valence-corrected chi connectivity index (χ0v) is 12.1. The highest BCUT2D eigenvalue weighted by molar-refractivity contribution is 6.35. The third kappa shape index (κ3) is 2.91. The Balaban J connectivity index is 2.59. The number of carbonyl (C=O) groups excluding carboxylic acids is 1. The second-order valence-corrected chi connectivity index (χ2v) is 4.75. The number of carbonyl (C=O) groups is 1. The minimum atomic E-state index is -0.661. The number of benzene rings is 1. The van der Waals surface area contributed by atoms with Gasteiger partial charge in [0.25, 0.3) is 0 Å². The maximum Gasteiger partial charge on any atom is 0.358 e. The lowest BCUT2D eigenvalue weighted by Crippen LogP contribution is -2.08. The quantitative estimate of drug-likeness (QED) is 0.588. The average Bonchev–Trinajstić information content (AvgIpc) is 2.49. The molecule has 110 valence electrons. The summed E-state index contributed by atoms with van der Waals surface area (Å²) in [6.45, 7) is 0.383. The summed E-state index contributed by atoms with van der Waals surface area (Å²) in [5.41, 5.74) is 20.0. The van der Waals surface area contributed by atoms with E-state index in [0.29, 0.717) is 23.5 Å². The number of anilines is 2. The van der Waals surface area contributed by atoms with Crippen molar-refractivity contribution in [2.45, 2.75) is 6.54 Å². The van der Waals surface area contributed by atoms with Gasteiger partial charge in [-0.1, -0.05) is 23.7 Å². The number of methoxy groups -OCH3 is 1. The minimum Gasteiger partial charge on any atom is -0.464 e. The van der Waals surface area contributed by atoms with Crippen molar-refractivity contribution in [3.05, 3.63) is 40.5 Å². The van der Waals surface area contributed by atoms with E-state index in [1.807, 2.05) is 6.07 Å². The highest BCUT2D eigenvalue weighted by Gasteiger charge is 2.18. The molecule has 0 saturated carbocycles. The number of nitrogen functional groups attached to an aromatic ring is 2. The molecule has 2 rings (SSSR count). The number of ether oxygens (including phenoxy) is 1. The summed E-state index contributed by atoms with van der Waals surface area (Å²) < 4.78 is 4.64. The molecule has 0 radical (unpaired) electrons. The summed E-state index contributed by atoms with van der Waals surface area (Å²) in [4.78, 5) is 15.9. The molecule has 21 heavy (non-hydrogen) atoms. The van der Waals surface area contributed by atoms with Gasteiger partial charge in [-0.15, -0.1) is 0 Å². The molecule has 0 bridgehead atoms. The van der Waals surface area contributed by atoms with Crippen LogP contribution in [0.4, 0.5) is 11.4 Å². The molecule has 0 aliphatic heterocycles. The van der Waals surface area contributed by atoms with E-state index >= 15 is 0 Å². The van der Waals surface area contributed by atoms with Gasteiger partial charge in [0.1, 0.15) is 0 Å². The van der Waals surface area contributed by atoms with Gasteiger partial charge in [0.2, 0.25) is 0 Å². The van der Waals surface area contributed by atoms with Gasteiger partial charge in [0.05, 0.1) is 23.5 Å². The molecule has 6 N–H and O–H groups in total. The average molecular weight is 307 g/mol. The molecule has 2 aromatic rings. The lowest BCUT2D eigenvalue weighted by molar-refractivity contribution is 0.0594. The van der Waals surface area contributed by atoms with Crippen LogP contribution in [0.2, 0.25) is 5.02 Å². The lowest BCUT2D eigenvalue weighted by atomic mass is 10.0. The van der Waals surface area contributed by atoms with Gasteiger partial charge in [-0.05, 0) is 17.7 Å². The van der Waals surface area contributed by atoms with Crippen LogP contribution in [0.3, 0.4) is 0 Å². The van der Waals surface area contributed by atoms with Crippen molar-refractivity contribution < 1.29 is 9.53 Å². The van der Waals surface area contributed by atoms with Gasteiger partial charge < -0.3 is 21.9 Å². The first-order chi connectivity index (χ1) is 9.97. The molecule has 0 atom stereocenters. The van der Waals surface area contributed by atoms with Crippen LogP contribution in [0.15, 0.2) is 24.3 Å². The number of nitrogens with zero attached hydrogens (tertiary/aromatic N) is 1. The zero-order valence-electron chi connectivity index (χ0n) is 11.4. The zero-order chi connectivity index (χ0) is 15.6. The molecule has 0 aliphatic rings. The Bertz CT molecular complexity index is 704. The van der Waals surface area contributed by atoms with E-state index in [-0.39, 0.29) is 16.4 Å². The molecular weight excluding hydrogens is 292 g/mol. The first kappa shape index (κ1) is 15.1. The van der Waals surface area contributed by atoms with E-state index in [0.717, 1.165) is 5.56 Å². The normalized spacial score (nSPS) is 10.4. The second kappa shape index (κ2) is 5.99. The molecule has 0 aliphatic carbocycles. The van der Waals surface area contributed by atoms with E-state index in [2.05, 4.69) is 9.72 Å². The molecule has 0 fully saturated rings. The Morgan fingerprint density at radius 1 is 1.29 bits per heavy atom. The number of hydrogen-bond donors (Lipinski definition) is 3. The number of nitrogens with two attached hydrogens (primary N) is 3. The number of esters is 1. The van der Waals surface area contributed by atoms with Crippen molar-refractivity contribution in [1.29, 1.82) is 0 Å². The fourth-order valence-electron chi connectivity index (χ4n) is 1.89. The molecule has 1 aromatic carbocycles. The van der Waals surface area contributed by atoms with Gasteiger partial charge in [-0.2, -0.15) is 0 Å². The summed E-state index contributed by atoms with van der Waals surface area (Å²) >= 11 is 5.98. The lowest BCUT2D eigenvalue weighted by Gasteiger charge is -2.11. The van der Waals surface area contributed by atoms with Crippen LogP contribution in [0, 0.1) is 0 Å². The van der Waals surface area contributed by atoms with Crippen LogP contribution < -0.4 is 17.2 Å². The van der Waals surface area contributed by atoms with Crippen molar-refractivity contribution in [3.8, 4) is 11.3 Å². The van der Waals surface area contributed by atoms with Gasteiger partial charge in [-0.25, -0.2) is 9.78 Å². The fourth-order valence-corrected chi connectivity index (χ4v) is 2.07. The van der Waals surface area contributed by atoms with Crippen molar-refractivity contribution in [3.63, 3.8) is 0 Å². The number of pyridine rings is 1.